The number of aryl methyl sites for hydroxylation is 2. The van der Waals surface area contributed by atoms with Gasteiger partial charge in [0.25, 0.3) is 0 Å². The summed E-state index contributed by atoms with van der Waals surface area (Å²) >= 11 is 1.87. The van der Waals surface area contributed by atoms with E-state index in [9.17, 15) is 0 Å². The number of nitrogens with zero attached hydrogens (tertiary/aromatic N) is 2. The molecule has 1 saturated carbocycles. The molecule has 3 rings (SSSR count). The number of hydrogen-bond acceptors (Lipinski definition) is 4. The van der Waals surface area contributed by atoms with Crippen LogP contribution in [0.3, 0.4) is 0 Å². The van der Waals surface area contributed by atoms with Crippen molar-refractivity contribution in [3.63, 3.8) is 0 Å². The zero-order valence-electron chi connectivity index (χ0n) is 13.2. The molecule has 2 unspecified atom stereocenters. The lowest BCUT2D eigenvalue weighted by molar-refractivity contribution is 0.0665. The predicted octanol–water partition coefficient (Wildman–Crippen LogP) is 3.11. The average molecular weight is 293 g/mol. The summed E-state index contributed by atoms with van der Waals surface area (Å²) < 4.78 is 0. The number of hydrogen-bond donors (Lipinski definition) is 1. The van der Waals surface area contributed by atoms with Gasteiger partial charge in [-0.3, -0.25) is 4.90 Å². The van der Waals surface area contributed by atoms with Crippen LogP contribution in [0, 0.1) is 19.8 Å². The van der Waals surface area contributed by atoms with Gasteiger partial charge in [0, 0.05) is 29.5 Å². The van der Waals surface area contributed by atoms with Gasteiger partial charge >= 0.3 is 0 Å². The Balaban J connectivity index is 1.73. The fraction of sp³-hybridized carbons (Fsp3) is 0.812. The molecule has 2 heterocycles. The molecule has 1 N–H and O–H groups in total. The van der Waals surface area contributed by atoms with E-state index in [1.54, 1.807) is 0 Å². The Bertz CT molecular complexity index is 461. The fourth-order valence-corrected chi connectivity index (χ4v) is 4.41. The minimum absolute atomic E-state index is 0.326. The van der Waals surface area contributed by atoms with E-state index < -0.39 is 0 Å². The van der Waals surface area contributed by atoms with E-state index in [-0.39, 0.29) is 0 Å². The van der Waals surface area contributed by atoms with Crippen LogP contribution in [0.4, 0.5) is 0 Å². The van der Waals surface area contributed by atoms with Gasteiger partial charge in [-0.05, 0) is 46.0 Å². The summed E-state index contributed by atoms with van der Waals surface area (Å²) in [5.41, 5.74) is 1.53. The monoisotopic (exact) mass is 293 g/mol. The Labute approximate surface area is 126 Å². The van der Waals surface area contributed by atoms with Crippen molar-refractivity contribution < 1.29 is 0 Å². The van der Waals surface area contributed by atoms with Gasteiger partial charge in [0.1, 0.15) is 5.01 Å². The van der Waals surface area contributed by atoms with E-state index in [0.29, 0.717) is 11.6 Å². The van der Waals surface area contributed by atoms with Crippen LogP contribution in [-0.4, -0.2) is 34.6 Å². The van der Waals surface area contributed by atoms with Crippen molar-refractivity contribution in [2.75, 3.05) is 13.1 Å². The molecule has 1 aliphatic carbocycles. The van der Waals surface area contributed by atoms with Crippen molar-refractivity contribution in [1.29, 1.82) is 0 Å². The number of thiazole rings is 1. The van der Waals surface area contributed by atoms with Gasteiger partial charge in [0.15, 0.2) is 0 Å². The Morgan fingerprint density at radius 1 is 1.40 bits per heavy atom. The van der Waals surface area contributed by atoms with Gasteiger partial charge in [-0.1, -0.05) is 6.92 Å². The second kappa shape index (κ2) is 5.39. The molecule has 2 aliphatic rings. The number of piperazine rings is 1. The maximum absolute atomic E-state index is 4.74. The lowest BCUT2D eigenvalue weighted by atomic mass is 9.90. The molecule has 4 heteroatoms. The Morgan fingerprint density at radius 3 is 2.70 bits per heavy atom. The first-order chi connectivity index (χ1) is 9.51. The molecule has 112 valence electrons. The zero-order chi connectivity index (χ0) is 14.3. The molecule has 1 aromatic heterocycles. The van der Waals surface area contributed by atoms with Gasteiger partial charge < -0.3 is 5.32 Å². The Kier molecular flexibility index (Phi) is 3.91. The molecule has 2 atom stereocenters. The van der Waals surface area contributed by atoms with Gasteiger partial charge in [0.2, 0.25) is 0 Å². The van der Waals surface area contributed by atoms with Crippen molar-refractivity contribution in [3.8, 4) is 0 Å². The third-order valence-electron chi connectivity index (χ3n) is 5.15. The molecule has 1 aliphatic heterocycles. The molecule has 0 amide bonds. The van der Waals surface area contributed by atoms with Crippen LogP contribution in [0.1, 0.15) is 48.7 Å². The number of aromatic nitrogens is 1. The van der Waals surface area contributed by atoms with Crippen LogP contribution in [0.25, 0.3) is 0 Å². The first-order valence-corrected chi connectivity index (χ1v) is 8.75. The van der Waals surface area contributed by atoms with Crippen molar-refractivity contribution in [2.45, 2.75) is 65.1 Å². The van der Waals surface area contributed by atoms with Gasteiger partial charge in [-0.2, -0.15) is 0 Å². The Morgan fingerprint density at radius 2 is 2.15 bits per heavy atom. The highest BCUT2D eigenvalue weighted by Crippen LogP contribution is 2.41. The molecule has 0 aromatic carbocycles. The van der Waals surface area contributed by atoms with Crippen LogP contribution in [0.5, 0.6) is 0 Å². The molecule has 0 spiro atoms. The molecule has 3 nitrogen and oxygen atoms in total. The SMILES string of the molecule is CCC1CNC(C)(C2CC2)CN1Cc1nc(C)c(C)s1. The van der Waals surface area contributed by atoms with Gasteiger partial charge in [-0.15, -0.1) is 11.3 Å². The number of nitrogens with one attached hydrogen (secondary N) is 1. The van der Waals surface area contributed by atoms with E-state index in [2.05, 4.69) is 37.9 Å². The van der Waals surface area contributed by atoms with E-state index in [1.165, 1.54) is 41.4 Å². The third kappa shape index (κ3) is 2.78. The zero-order valence-corrected chi connectivity index (χ0v) is 14.0. The van der Waals surface area contributed by atoms with E-state index >= 15 is 0 Å². The van der Waals surface area contributed by atoms with E-state index in [1.807, 2.05) is 11.3 Å². The summed E-state index contributed by atoms with van der Waals surface area (Å²) in [6, 6.07) is 0.659. The minimum Gasteiger partial charge on any atom is -0.308 e. The fourth-order valence-electron chi connectivity index (χ4n) is 3.45. The molecular weight excluding hydrogens is 266 g/mol. The largest absolute Gasteiger partial charge is 0.308 e. The highest BCUT2D eigenvalue weighted by Gasteiger charge is 2.45. The smallest absolute Gasteiger partial charge is 0.107 e. The Hall–Kier alpha value is -0.450. The second-order valence-corrected chi connectivity index (χ2v) is 8.08. The molecule has 2 fully saturated rings. The average Bonchev–Trinajstić information content (AvgIpc) is 3.19. The van der Waals surface area contributed by atoms with Crippen LogP contribution < -0.4 is 5.32 Å². The topological polar surface area (TPSA) is 28.2 Å². The van der Waals surface area contributed by atoms with Gasteiger partial charge in [-0.25, -0.2) is 4.98 Å². The maximum atomic E-state index is 4.74. The summed E-state index contributed by atoms with van der Waals surface area (Å²) in [7, 11) is 0. The minimum atomic E-state index is 0.326. The maximum Gasteiger partial charge on any atom is 0.107 e. The quantitative estimate of drug-likeness (QED) is 0.924. The third-order valence-corrected chi connectivity index (χ3v) is 6.21. The first-order valence-electron chi connectivity index (χ1n) is 7.94. The molecule has 1 saturated heterocycles. The van der Waals surface area contributed by atoms with Crippen molar-refractivity contribution in [2.24, 2.45) is 5.92 Å². The lowest BCUT2D eigenvalue weighted by Crippen LogP contribution is -2.63. The molecular formula is C16H27N3S. The first kappa shape index (κ1) is 14.5. The standard InChI is InChI=1S/C16H27N3S/c1-5-14-8-17-16(4,13-6-7-13)10-19(14)9-15-18-11(2)12(3)20-15/h13-14,17H,5-10H2,1-4H3. The normalized spacial score (nSPS) is 31.7. The highest BCUT2D eigenvalue weighted by atomic mass is 32.1. The van der Waals surface area contributed by atoms with Crippen LogP contribution >= 0.6 is 11.3 Å². The lowest BCUT2D eigenvalue weighted by Gasteiger charge is -2.46. The van der Waals surface area contributed by atoms with Gasteiger partial charge in [0.05, 0.1) is 12.2 Å². The van der Waals surface area contributed by atoms with Crippen LogP contribution in [-0.2, 0) is 6.54 Å². The molecule has 0 radical (unpaired) electrons. The van der Waals surface area contributed by atoms with E-state index in [4.69, 9.17) is 4.98 Å². The van der Waals surface area contributed by atoms with Crippen LogP contribution in [0.2, 0.25) is 0 Å². The molecule has 1 aromatic rings. The second-order valence-electron chi connectivity index (χ2n) is 6.79. The van der Waals surface area contributed by atoms with E-state index in [0.717, 1.165) is 19.0 Å². The number of rotatable bonds is 4. The summed E-state index contributed by atoms with van der Waals surface area (Å²) in [6.07, 6.45) is 4.03. The molecule has 0 bridgehead atoms. The summed E-state index contributed by atoms with van der Waals surface area (Å²) in [6.45, 7) is 12.4. The summed E-state index contributed by atoms with van der Waals surface area (Å²) in [5.74, 6) is 0.891. The predicted molar refractivity (Wildman–Crippen MR) is 85.2 cm³/mol. The van der Waals surface area contributed by atoms with Crippen LogP contribution in [0.15, 0.2) is 0 Å². The molecule has 20 heavy (non-hydrogen) atoms. The highest BCUT2D eigenvalue weighted by molar-refractivity contribution is 7.11. The van der Waals surface area contributed by atoms with Crippen molar-refractivity contribution in [3.05, 3.63) is 15.6 Å². The summed E-state index contributed by atoms with van der Waals surface area (Å²) in [4.78, 5) is 8.78. The van der Waals surface area contributed by atoms with Crippen molar-refractivity contribution in [1.82, 2.24) is 15.2 Å². The van der Waals surface area contributed by atoms with Crippen molar-refractivity contribution >= 4 is 11.3 Å². The summed E-state index contributed by atoms with van der Waals surface area (Å²) in [5, 5.41) is 5.12.